The maximum absolute atomic E-state index is 14.6. The van der Waals surface area contributed by atoms with Crippen LogP contribution in [0.5, 0.6) is 0 Å². The average molecular weight is 433 g/mol. The van der Waals surface area contributed by atoms with E-state index in [1.165, 1.54) is 11.0 Å². The van der Waals surface area contributed by atoms with Crippen LogP contribution in [-0.4, -0.2) is 37.8 Å². The lowest BCUT2D eigenvalue weighted by Crippen LogP contribution is -2.37. The molecule has 4 rings (SSSR count). The fourth-order valence-electron chi connectivity index (χ4n) is 3.83. The van der Waals surface area contributed by atoms with E-state index in [-0.39, 0.29) is 19.0 Å². The fourth-order valence-corrected chi connectivity index (χ4v) is 3.83. The second-order valence-corrected chi connectivity index (χ2v) is 7.72. The number of halogens is 1. The SMILES string of the molecule is Cc1ncc2c(c1CNC(=O)Cn1ccnc1)CCN(C(=O)C(F)=Cc1ccccc1)C2. The Bertz CT molecular complexity index is 1140. The van der Waals surface area contributed by atoms with Crippen LogP contribution in [0.15, 0.2) is 61.1 Å². The van der Waals surface area contributed by atoms with Gasteiger partial charge in [0.2, 0.25) is 5.91 Å². The van der Waals surface area contributed by atoms with Crippen molar-refractivity contribution in [2.24, 2.45) is 0 Å². The third-order valence-corrected chi connectivity index (χ3v) is 5.53. The highest BCUT2D eigenvalue weighted by molar-refractivity contribution is 5.95. The van der Waals surface area contributed by atoms with Gasteiger partial charge in [-0.15, -0.1) is 0 Å². The van der Waals surface area contributed by atoms with Gasteiger partial charge >= 0.3 is 0 Å². The molecule has 0 spiro atoms. The molecule has 7 nitrogen and oxygen atoms in total. The summed E-state index contributed by atoms with van der Waals surface area (Å²) in [4.78, 5) is 34.7. The second kappa shape index (κ2) is 9.55. The molecule has 0 radical (unpaired) electrons. The van der Waals surface area contributed by atoms with E-state index in [4.69, 9.17) is 0 Å². The summed E-state index contributed by atoms with van der Waals surface area (Å²) in [5, 5.41) is 2.93. The topological polar surface area (TPSA) is 80.1 Å². The molecule has 1 N–H and O–H groups in total. The van der Waals surface area contributed by atoms with Crippen LogP contribution in [-0.2, 0) is 35.6 Å². The number of benzene rings is 1. The van der Waals surface area contributed by atoms with Crippen molar-refractivity contribution < 1.29 is 14.0 Å². The van der Waals surface area contributed by atoms with Crippen LogP contribution in [0.3, 0.4) is 0 Å². The quantitative estimate of drug-likeness (QED) is 0.607. The minimum absolute atomic E-state index is 0.124. The van der Waals surface area contributed by atoms with Gasteiger partial charge in [0.1, 0.15) is 6.54 Å². The van der Waals surface area contributed by atoms with E-state index in [2.05, 4.69) is 15.3 Å². The summed E-state index contributed by atoms with van der Waals surface area (Å²) in [7, 11) is 0. The van der Waals surface area contributed by atoms with Crippen LogP contribution in [0.2, 0.25) is 0 Å². The van der Waals surface area contributed by atoms with Crippen LogP contribution >= 0.6 is 0 Å². The first-order chi connectivity index (χ1) is 15.5. The van der Waals surface area contributed by atoms with Gasteiger partial charge in [-0.1, -0.05) is 30.3 Å². The lowest BCUT2D eigenvalue weighted by atomic mass is 9.94. The molecule has 1 aliphatic heterocycles. The van der Waals surface area contributed by atoms with Gasteiger partial charge in [-0.3, -0.25) is 14.6 Å². The molecule has 0 saturated heterocycles. The number of hydrogen-bond donors (Lipinski definition) is 1. The second-order valence-electron chi connectivity index (χ2n) is 7.72. The molecule has 0 unspecified atom stereocenters. The third-order valence-electron chi connectivity index (χ3n) is 5.53. The van der Waals surface area contributed by atoms with Crippen LogP contribution in [0.4, 0.5) is 4.39 Å². The van der Waals surface area contributed by atoms with E-state index in [1.54, 1.807) is 53.8 Å². The van der Waals surface area contributed by atoms with Crippen LogP contribution < -0.4 is 5.32 Å². The summed E-state index contributed by atoms with van der Waals surface area (Å²) in [6, 6.07) is 8.93. The van der Waals surface area contributed by atoms with Crippen molar-refractivity contribution in [2.75, 3.05) is 6.54 Å². The van der Waals surface area contributed by atoms with E-state index in [1.807, 2.05) is 13.0 Å². The number of fused-ring (bicyclic) bond motifs is 1. The standard InChI is InChI=1S/C24H24FN5O2/c1-17-21(13-28-23(31)15-29-10-8-26-16-29)20-7-9-30(14-19(20)12-27-17)24(32)22(25)11-18-5-3-2-4-6-18/h2-6,8,10-12,16H,7,9,13-15H2,1H3,(H,28,31). The summed E-state index contributed by atoms with van der Waals surface area (Å²) in [6.07, 6.45) is 8.52. The number of amides is 2. The van der Waals surface area contributed by atoms with Gasteiger partial charge < -0.3 is 14.8 Å². The number of nitrogens with one attached hydrogen (secondary N) is 1. The van der Waals surface area contributed by atoms with Crippen LogP contribution in [0.25, 0.3) is 6.08 Å². The maximum Gasteiger partial charge on any atom is 0.282 e. The lowest BCUT2D eigenvalue weighted by molar-refractivity contribution is -0.129. The molecule has 2 amide bonds. The molecule has 0 fully saturated rings. The molecule has 2 aromatic heterocycles. The van der Waals surface area contributed by atoms with Crippen LogP contribution in [0, 0.1) is 6.92 Å². The van der Waals surface area contributed by atoms with Crippen molar-refractivity contribution in [3.8, 4) is 0 Å². The van der Waals surface area contributed by atoms with E-state index in [0.717, 1.165) is 22.4 Å². The van der Waals surface area contributed by atoms with Gasteiger partial charge in [0.25, 0.3) is 5.91 Å². The molecule has 0 saturated carbocycles. The van der Waals surface area contributed by atoms with Crippen molar-refractivity contribution in [3.05, 3.63) is 89.0 Å². The molecule has 164 valence electrons. The zero-order valence-corrected chi connectivity index (χ0v) is 17.8. The van der Waals surface area contributed by atoms with Crippen molar-refractivity contribution in [2.45, 2.75) is 33.0 Å². The predicted octanol–water partition coefficient (Wildman–Crippen LogP) is 2.80. The Morgan fingerprint density at radius 2 is 2.06 bits per heavy atom. The largest absolute Gasteiger partial charge is 0.350 e. The van der Waals surface area contributed by atoms with Crippen molar-refractivity contribution >= 4 is 17.9 Å². The Morgan fingerprint density at radius 3 is 2.81 bits per heavy atom. The number of carbonyl (C=O) groups is 2. The van der Waals surface area contributed by atoms with Gasteiger partial charge in [0.05, 0.1) is 6.33 Å². The zero-order valence-electron chi connectivity index (χ0n) is 17.8. The molecule has 3 aromatic rings. The normalized spacial score (nSPS) is 13.6. The Hall–Kier alpha value is -3.81. The van der Waals surface area contributed by atoms with E-state index in [9.17, 15) is 14.0 Å². The summed E-state index contributed by atoms with van der Waals surface area (Å²) in [5.74, 6) is -1.54. The molecular weight excluding hydrogens is 409 g/mol. The summed E-state index contributed by atoms with van der Waals surface area (Å²) < 4.78 is 16.2. The van der Waals surface area contributed by atoms with Crippen molar-refractivity contribution in [1.29, 1.82) is 0 Å². The van der Waals surface area contributed by atoms with Gasteiger partial charge in [0, 0.05) is 43.9 Å². The molecule has 8 heteroatoms. The van der Waals surface area contributed by atoms with Gasteiger partial charge in [-0.05, 0) is 41.7 Å². The molecule has 1 aromatic carbocycles. The fraction of sp³-hybridized carbons (Fsp3) is 0.250. The van der Waals surface area contributed by atoms with E-state index >= 15 is 0 Å². The number of imidazole rings is 1. The Kier molecular flexibility index (Phi) is 6.39. The maximum atomic E-state index is 14.6. The van der Waals surface area contributed by atoms with Gasteiger partial charge in [-0.2, -0.15) is 0 Å². The lowest BCUT2D eigenvalue weighted by Gasteiger charge is -2.30. The molecular formula is C24H24FN5O2. The third kappa shape index (κ3) is 4.91. The monoisotopic (exact) mass is 433 g/mol. The highest BCUT2D eigenvalue weighted by atomic mass is 19.1. The highest BCUT2D eigenvalue weighted by Crippen LogP contribution is 2.25. The number of aryl methyl sites for hydroxylation is 1. The minimum atomic E-state index is -0.785. The zero-order chi connectivity index (χ0) is 22.5. The summed E-state index contributed by atoms with van der Waals surface area (Å²) in [5.41, 5.74) is 4.37. The van der Waals surface area contributed by atoms with Crippen LogP contribution in [0.1, 0.15) is 27.9 Å². The van der Waals surface area contributed by atoms with Crippen molar-refractivity contribution in [3.63, 3.8) is 0 Å². The molecule has 1 aliphatic rings. The first-order valence-electron chi connectivity index (χ1n) is 10.4. The Morgan fingerprint density at radius 1 is 1.25 bits per heavy atom. The molecule has 0 bridgehead atoms. The van der Waals surface area contributed by atoms with Gasteiger partial charge in [0.15, 0.2) is 5.83 Å². The van der Waals surface area contributed by atoms with E-state index in [0.29, 0.717) is 25.1 Å². The number of rotatable bonds is 6. The molecule has 32 heavy (non-hydrogen) atoms. The molecule has 0 atom stereocenters. The summed E-state index contributed by atoms with van der Waals surface area (Å²) in [6.45, 7) is 3.13. The Balaban J connectivity index is 1.44. The van der Waals surface area contributed by atoms with Gasteiger partial charge in [-0.25, -0.2) is 9.37 Å². The first kappa shape index (κ1) is 21.4. The number of pyridine rings is 1. The predicted molar refractivity (Wildman–Crippen MR) is 118 cm³/mol. The molecule has 0 aliphatic carbocycles. The van der Waals surface area contributed by atoms with E-state index < -0.39 is 11.7 Å². The number of aromatic nitrogens is 3. The number of nitrogens with zero attached hydrogens (tertiary/aromatic N) is 4. The minimum Gasteiger partial charge on any atom is -0.350 e. The number of hydrogen-bond acceptors (Lipinski definition) is 4. The number of carbonyl (C=O) groups excluding carboxylic acids is 2. The highest BCUT2D eigenvalue weighted by Gasteiger charge is 2.26. The van der Waals surface area contributed by atoms with Crippen molar-refractivity contribution in [1.82, 2.24) is 24.8 Å². The summed E-state index contributed by atoms with van der Waals surface area (Å²) >= 11 is 0. The average Bonchev–Trinajstić information content (AvgIpc) is 3.31. The first-order valence-corrected chi connectivity index (χ1v) is 10.4. The Labute approximate surface area is 185 Å². The molecule has 3 heterocycles. The smallest absolute Gasteiger partial charge is 0.282 e.